The van der Waals surface area contributed by atoms with Gasteiger partial charge in [-0.05, 0) is 37.8 Å². The monoisotopic (exact) mass is 228 g/mol. The molecule has 0 spiro atoms. The first-order valence-corrected chi connectivity index (χ1v) is 6.25. The molecular weight excluding hydrogens is 204 g/mol. The third kappa shape index (κ3) is 4.94. The third-order valence-electron chi connectivity index (χ3n) is 3.22. The molecule has 16 heavy (non-hydrogen) atoms. The van der Waals surface area contributed by atoms with E-state index < -0.39 is 6.10 Å². The van der Waals surface area contributed by atoms with E-state index in [0.717, 1.165) is 19.5 Å². The Morgan fingerprint density at radius 1 is 1.56 bits per heavy atom. The molecule has 4 nitrogen and oxygen atoms in total. The van der Waals surface area contributed by atoms with Gasteiger partial charge in [-0.1, -0.05) is 13.8 Å². The molecule has 0 aromatic carbocycles. The van der Waals surface area contributed by atoms with Crippen LogP contribution in [0, 0.1) is 11.8 Å². The molecule has 1 rings (SSSR count). The molecule has 2 unspecified atom stereocenters. The lowest BCUT2D eigenvalue weighted by molar-refractivity contribution is -0.121. The van der Waals surface area contributed by atoms with E-state index in [0.29, 0.717) is 18.9 Å². The Morgan fingerprint density at radius 2 is 2.31 bits per heavy atom. The van der Waals surface area contributed by atoms with Gasteiger partial charge in [-0.15, -0.1) is 0 Å². The fraction of sp³-hybridized carbons (Fsp3) is 0.917. The molecule has 0 saturated carbocycles. The highest BCUT2D eigenvalue weighted by Crippen LogP contribution is 2.13. The van der Waals surface area contributed by atoms with Crippen LogP contribution in [0.1, 0.15) is 33.1 Å². The van der Waals surface area contributed by atoms with E-state index in [-0.39, 0.29) is 11.8 Å². The molecule has 94 valence electrons. The molecular formula is C12H24N2O2. The van der Waals surface area contributed by atoms with Gasteiger partial charge in [0.25, 0.3) is 0 Å². The molecule has 1 amide bonds. The van der Waals surface area contributed by atoms with Crippen LogP contribution in [-0.4, -0.2) is 36.8 Å². The highest BCUT2D eigenvalue weighted by Gasteiger charge is 2.16. The van der Waals surface area contributed by atoms with Crippen LogP contribution in [0.3, 0.4) is 0 Å². The zero-order valence-corrected chi connectivity index (χ0v) is 10.3. The van der Waals surface area contributed by atoms with Gasteiger partial charge in [-0.25, -0.2) is 0 Å². The second-order valence-electron chi connectivity index (χ2n) is 5.01. The number of amides is 1. The number of aliphatic hydroxyl groups excluding tert-OH is 1. The van der Waals surface area contributed by atoms with Gasteiger partial charge in [0, 0.05) is 13.0 Å². The quantitative estimate of drug-likeness (QED) is 0.621. The fourth-order valence-electron chi connectivity index (χ4n) is 1.84. The Balaban J connectivity index is 2.06. The van der Waals surface area contributed by atoms with Crippen LogP contribution in [0.5, 0.6) is 0 Å². The first-order valence-electron chi connectivity index (χ1n) is 6.25. The number of carbonyl (C=O) groups excluding carboxylic acids is 1. The maximum atomic E-state index is 11.5. The van der Waals surface area contributed by atoms with Gasteiger partial charge in [0.1, 0.15) is 0 Å². The molecule has 3 N–H and O–H groups in total. The summed E-state index contributed by atoms with van der Waals surface area (Å²) in [6, 6.07) is 0. The number of hydrogen-bond acceptors (Lipinski definition) is 3. The van der Waals surface area contributed by atoms with E-state index in [2.05, 4.69) is 10.6 Å². The van der Waals surface area contributed by atoms with Crippen molar-refractivity contribution in [3.63, 3.8) is 0 Å². The largest absolute Gasteiger partial charge is 0.391 e. The lowest BCUT2D eigenvalue weighted by atomic mass is 10.0. The summed E-state index contributed by atoms with van der Waals surface area (Å²) in [4.78, 5) is 11.5. The molecule has 1 aliphatic rings. The van der Waals surface area contributed by atoms with Gasteiger partial charge in [0.15, 0.2) is 0 Å². The van der Waals surface area contributed by atoms with E-state index in [4.69, 9.17) is 0 Å². The number of nitrogens with one attached hydrogen (secondary N) is 2. The van der Waals surface area contributed by atoms with Crippen LogP contribution < -0.4 is 10.6 Å². The van der Waals surface area contributed by atoms with Crippen LogP contribution in [-0.2, 0) is 4.79 Å². The number of rotatable bonds is 6. The van der Waals surface area contributed by atoms with E-state index in [9.17, 15) is 9.90 Å². The topological polar surface area (TPSA) is 61.4 Å². The summed E-state index contributed by atoms with van der Waals surface area (Å²) in [6.45, 7) is 6.39. The minimum atomic E-state index is -0.433. The summed E-state index contributed by atoms with van der Waals surface area (Å²) in [5.41, 5.74) is 0. The SMILES string of the molecule is CC(C)C(O)CNC(=O)CCC1CCNC1. The first-order chi connectivity index (χ1) is 7.59. The van der Waals surface area contributed by atoms with Gasteiger partial charge in [-0.2, -0.15) is 0 Å². The van der Waals surface area contributed by atoms with Crippen LogP contribution in [0.25, 0.3) is 0 Å². The molecule has 1 aliphatic heterocycles. The highest BCUT2D eigenvalue weighted by atomic mass is 16.3. The Kier molecular flexibility index (Phi) is 5.77. The van der Waals surface area contributed by atoms with Crippen LogP contribution in [0.15, 0.2) is 0 Å². The van der Waals surface area contributed by atoms with Crippen molar-refractivity contribution in [1.29, 1.82) is 0 Å². The maximum absolute atomic E-state index is 11.5. The molecule has 4 heteroatoms. The minimum Gasteiger partial charge on any atom is -0.391 e. The maximum Gasteiger partial charge on any atom is 0.220 e. The van der Waals surface area contributed by atoms with Crippen molar-refractivity contribution in [2.45, 2.75) is 39.2 Å². The predicted molar refractivity (Wildman–Crippen MR) is 64.1 cm³/mol. The van der Waals surface area contributed by atoms with Crippen LogP contribution in [0.4, 0.5) is 0 Å². The van der Waals surface area contributed by atoms with Gasteiger partial charge >= 0.3 is 0 Å². The highest BCUT2D eigenvalue weighted by molar-refractivity contribution is 5.75. The second kappa shape index (κ2) is 6.86. The molecule has 0 aromatic heterocycles. The number of carbonyl (C=O) groups is 1. The lowest BCUT2D eigenvalue weighted by Gasteiger charge is -2.15. The van der Waals surface area contributed by atoms with Crippen molar-refractivity contribution in [3.8, 4) is 0 Å². The molecule has 1 saturated heterocycles. The average molecular weight is 228 g/mol. The molecule has 1 fully saturated rings. The van der Waals surface area contributed by atoms with Gasteiger partial charge in [0.05, 0.1) is 6.10 Å². The predicted octanol–water partition coefficient (Wildman–Crippen LogP) is 0.509. The van der Waals surface area contributed by atoms with Gasteiger partial charge < -0.3 is 15.7 Å². The van der Waals surface area contributed by atoms with Crippen molar-refractivity contribution >= 4 is 5.91 Å². The van der Waals surface area contributed by atoms with Gasteiger partial charge in [0.2, 0.25) is 5.91 Å². The van der Waals surface area contributed by atoms with Gasteiger partial charge in [-0.3, -0.25) is 4.79 Å². The molecule has 0 aliphatic carbocycles. The summed E-state index contributed by atoms with van der Waals surface area (Å²) in [5, 5.41) is 15.6. The zero-order valence-electron chi connectivity index (χ0n) is 10.3. The van der Waals surface area contributed by atoms with Crippen LogP contribution in [0.2, 0.25) is 0 Å². The summed E-state index contributed by atoms with van der Waals surface area (Å²) < 4.78 is 0. The standard InChI is InChI=1S/C12H24N2O2/c1-9(2)11(15)8-14-12(16)4-3-10-5-6-13-7-10/h9-11,13,15H,3-8H2,1-2H3,(H,14,16). The van der Waals surface area contributed by atoms with Crippen molar-refractivity contribution in [2.24, 2.45) is 11.8 Å². The minimum absolute atomic E-state index is 0.0617. The van der Waals surface area contributed by atoms with Crippen LogP contribution >= 0.6 is 0 Å². The second-order valence-corrected chi connectivity index (χ2v) is 5.01. The molecule has 0 bridgehead atoms. The van der Waals surface area contributed by atoms with E-state index in [1.54, 1.807) is 0 Å². The fourth-order valence-corrected chi connectivity index (χ4v) is 1.84. The Morgan fingerprint density at radius 3 is 2.88 bits per heavy atom. The molecule has 1 heterocycles. The summed E-state index contributed by atoms with van der Waals surface area (Å²) in [5.74, 6) is 0.909. The molecule has 0 radical (unpaired) electrons. The van der Waals surface area contributed by atoms with E-state index in [1.807, 2.05) is 13.8 Å². The normalized spacial score (nSPS) is 22.4. The van der Waals surface area contributed by atoms with Crippen molar-refractivity contribution in [1.82, 2.24) is 10.6 Å². The van der Waals surface area contributed by atoms with E-state index in [1.165, 1.54) is 6.42 Å². The summed E-state index contributed by atoms with van der Waals surface area (Å²) >= 11 is 0. The smallest absolute Gasteiger partial charge is 0.220 e. The Hall–Kier alpha value is -0.610. The Bertz CT molecular complexity index is 205. The summed E-state index contributed by atoms with van der Waals surface area (Å²) in [6.07, 6.45) is 2.28. The first kappa shape index (κ1) is 13.5. The molecule has 0 aromatic rings. The van der Waals surface area contributed by atoms with Crippen molar-refractivity contribution in [3.05, 3.63) is 0 Å². The van der Waals surface area contributed by atoms with Crippen molar-refractivity contribution in [2.75, 3.05) is 19.6 Å². The third-order valence-corrected chi connectivity index (χ3v) is 3.22. The number of aliphatic hydroxyl groups is 1. The number of hydrogen-bond donors (Lipinski definition) is 3. The lowest BCUT2D eigenvalue weighted by Crippen LogP contribution is -2.34. The summed E-state index contributed by atoms with van der Waals surface area (Å²) in [7, 11) is 0. The molecule has 2 atom stereocenters. The average Bonchev–Trinajstić information content (AvgIpc) is 2.75. The Labute approximate surface area is 97.8 Å². The zero-order chi connectivity index (χ0) is 12.0. The van der Waals surface area contributed by atoms with E-state index >= 15 is 0 Å². The van der Waals surface area contributed by atoms with Crippen molar-refractivity contribution < 1.29 is 9.90 Å².